The Hall–Kier alpha value is -0.880. The van der Waals surface area contributed by atoms with E-state index in [0.717, 1.165) is 19.4 Å². The number of thiocarbonyl (C=S) groups is 1. The molecule has 0 saturated carbocycles. The first kappa shape index (κ1) is 16.1. The third kappa shape index (κ3) is 11.4. The Labute approximate surface area is 109 Å². The van der Waals surface area contributed by atoms with Crippen molar-refractivity contribution in [3.63, 3.8) is 0 Å². The van der Waals surface area contributed by atoms with Gasteiger partial charge in [0.25, 0.3) is 0 Å². The highest BCUT2D eigenvalue weighted by atomic mass is 32.1. The molecule has 100 valence electrons. The summed E-state index contributed by atoms with van der Waals surface area (Å²) in [4.78, 5) is 11.3. The van der Waals surface area contributed by atoms with Crippen molar-refractivity contribution in [2.24, 2.45) is 0 Å². The lowest BCUT2D eigenvalue weighted by molar-refractivity contribution is -0.121. The largest absolute Gasteiger partial charge is 0.383 e. The second-order valence-corrected chi connectivity index (χ2v) is 4.04. The molecule has 0 aromatic rings. The molecule has 0 aliphatic heterocycles. The van der Waals surface area contributed by atoms with E-state index >= 15 is 0 Å². The van der Waals surface area contributed by atoms with Gasteiger partial charge in [0.2, 0.25) is 5.91 Å². The highest BCUT2D eigenvalue weighted by Gasteiger charge is 2.00. The van der Waals surface area contributed by atoms with Crippen LogP contribution >= 0.6 is 12.2 Å². The summed E-state index contributed by atoms with van der Waals surface area (Å²) in [6, 6.07) is 0. The average Bonchev–Trinajstić information content (AvgIpc) is 2.30. The Morgan fingerprint density at radius 1 is 1.18 bits per heavy atom. The fraction of sp³-hybridized carbons (Fsp3) is 0.818. The van der Waals surface area contributed by atoms with Crippen LogP contribution in [-0.2, 0) is 9.53 Å². The summed E-state index contributed by atoms with van der Waals surface area (Å²) < 4.78 is 4.83. The summed E-state index contributed by atoms with van der Waals surface area (Å²) in [6.07, 6.45) is 2.65. The van der Waals surface area contributed by atoms with E-state index in [9.17, 15) is 4.79 Å². The molecule has 1 amide bonds. The highest BCUT2D eigenvalue weighted by Crippen LogP contribution is 1.83. The van der Waals surface area contributed by atoms with Crippen LogP contribution in [0.25, 0.3) is 0 Å². The Bertz CT molecular complexity index is 203. The van der Waals surface area contributed by atoms with Crippen molar-refractivity contribution < 1.29 is 9.53 Å². The second kappa shape index (κ2) is 11.6. The fourth-order valence-electron chi connectivity index (χ4n) is 1.11. The predicted molar refractivity (Wildman–Crippen MR) is 73.0 cm³/mol. The molecule has 0 saturated heterocycles. The van der Waals surface area contributed by atoms with Crippen molar-refractivity contribution in [2.75, 3.05) is 33.4 Å². The highest BCUT2D eigenvalue weighted by molar-refractivity contribution is 7.80. The molecule has 6 heteroatoms. The number of carbonyl (C=O) groups excluding carboxylic acids is 1. The topological polar surface area (TPSA) is 62.4 Å². The van der Waals surface area contributed by atoms with Crippen LogP contribution in [0.1, 0.15) is 26.2 Å². The van der Waals surface area contributed by atoms with E-state index in [-0.39, 0.29) is 5.91 Å². The molecule has 17 heavy (non-hydrogen) atoms. The van der Waals surface area contributed by atoms with Crippen LogP contribution in [0, 0.1) is 0 Å². The van der Waals surface area contributed by atoms with Gasteiger partial charge in [-0.05, 0) is 18.6 Å². The van der Waals surface area contributed by atoms with E-state index in [2.05, 4.69) is 22.9 Å². The standard InChI is InChI=1S/C11H23N3O2S/c1-3-4-6-13-11(17)14-7-5-10(15)12-8-9-16-2/h3-9H2,1-2H3,(H,12,15)(H2,13,14,17). The average molecular weight is 261 g/mol. The van der Waals surface area contributed by atoms with Gasteiger partial charge in [-0.3, -0.25) is 4.79 Å². The molecule has 5 nitrogen and oxygen atoms in total. The number of hydrogen-bond donors (Lipinski definition) is 3. The normalized spacial score (nSPS) is 9.76. The molecule has 0 heterocycles. The van der Waals surface area contributed by atoms with Crippen LogP contribution in [0.4, 0.5) is 0 Å². The molecule has 0 spiro atoms. The minimum atomic E-state index is 0.00547. The zero-order valence-corrected chi connectivity index (χ0v) is 11.5. The van der Waals surface area contributed by atoms with Gasteiger partial charge in [0.05, 0.1) is 6.61 Å². The molecule has 0 aromatic heterocycles. The molecule has 0 unspecified atom stereocenters. The quantitative estimate of drug-likeness (QED) is 0.414. The van der Waals surface area contributed by atoms with Gasteiger partial charge in [0.1, 0.15) is 0 Å². The van der Waals surface area contributed by atoms with Gasteiger partial charge in [0.15, 0.2) is 5.11 Å². The number of unbranched alkanes of at least 4 members (excludes halogenated alkanes) is 1. The van der Waals surface area contributed by atoms with Gasteiger partial charge < -0.3 is 20.7 Å². The monoisotopic (exact) mass is 261 g/mol. The van der Waals surface area contributed by atoms with E-state index in [0.29, 0.717) is 31.2 Å². The molecule has 0 aliphatic carbocycles. The van der Waals surface area contributed by atoms with Crippen LogP contribution in [-0.4, -0.2) is 44.4 Å². The van der Waals surface area contributed by atoms with Gasteiger partial charge in [-0.1, -0.05) is 13.3 Å². The van der Waals surface area contributed by atoms with Crippen LogP contribution in [0.2, 0.25) is 0 Å². The molecule has 0 aliphatic rings. The van der Waals surface area contributed by atoms with E-state index in [4.69, 9.17) is 17.0 Å². The lowest BCUT2D eigenvalue weighted by Gasteiger charge is -2.10. The van der Waals surface area contributed by atoms with Gasteiger partial charge >= 0.3 is 0 Å². The molecule has 0 radical (unpaired) electrons. The van der Waals surface area contributed by atoms with Gasteiger partial charge in [-0.15, -0.1) is 0 Å². The van der Waals surface area contributed by atoms with E-state index < -0.39 is 0 Å². The van der Waals surface area contributed by atoms with Gasteiger partial charge in [0, 0.05) is 33.2 Å². The minimum Gasteiger partial charge on any atom is -0.383 e. The van der Waals surface area contributed by atoms with Gasteiger partial charge in [-0.2, -0.15) is 0 Å². The van der Waals surface area contributed by atoms with Crippen molar-refractivity contribution in [3.8, 4) is 0 Å². The Morgan fingerprint density at radius 2 is 1.88 bits per heavy atom. The molecule has 0 rings (SSSR count). The predicted octanol–water partition coefficient (Wildman–Crippen LogP) is 0.403. The Kier molecular flexibility index (Phi) is 11.0. The molecular formula is C11H23N3O2S. The lowest BCUT2D eigenvalue weighted by atomic mass is 10.3. The molecule has 3 N–H and O–H groups in total. The van der Waals surface area contributed by atoms with E-state index in [1.54, 1.807) is 7.11 Å². The van der Waals surface area contributed by atoms with Crippen molar-refractivity contribution in [1.29, 1.82) is 0 Å². The number of carbonyl (C=O) groups is 1. The maximum Gasteiger partial charge on any atom is 0.221 e. The number of nitrogens with one attached hydrogen (secondary N) is 3. The second-order valence-electron chi connectivity index (χ2n) is 3.63. The third-order valence-corrected chi connectivity index (χ3v) is 2.37. The zero-order chi connectivity index (χ0) is 12.9. The zero-order valence-electron chi connectivity index (χ0n) is 10.7. The van der Waals surface area contributed by atoms with Crippen LogP contribution in [0.5, 0.6) is 0 Å². The van der Waals surface area contributed by atoms with E-state index in [1.165, 1.54) is 0 Å². The molecule has 0 bridgehead atoms. The maximum atomic E-state index is 11.3. The number of methoxy groups -OCH3 is 1. The van der Waals surface area contributed by atoms with Crippen LogP contribution < -0.4 is 16.0 Å². The van der Waals surface area contributed by atoms with Crippen LogP contribution in [0.15, 0.2) is 0 Å². The van der Waals surface area contributed by atoms with Crippen molar-refractivity contribution in [1.82, 2.24) is 16.0 Å². The summed E-state index contributed by atoms with van der Waals surface area (Å²) in [6.45, 7) is 4.65. The first-order valence-electron chi connectivity index (χ1n) is 5.98. The summed E-state index contributed by atoms with van der Waals surface area (Å²) in [5.41, 5.74) is 0. The summed E-state index contributed by atoms with van der Waals surface area (Å²) in [7, 11) is 1.61. The Balaban J connectivity index is 3.36. The molecule has 0 aromatic carbocycles. The van der Waals surface area contributed by atoms with E-state index in [1.807, 2.05) is 0 Å². The first-order chi connectivity index (χ1) is 8.20. The van der Waals surface area contributed by atoms with Crippen molar-refractivity contribution in [2.45, 2.75) is 26.2 Å². The minimum absolute atomic E-state index is 0.00547. The fourth-order valence-corrected chi connectivity index (χ4v) is 1.32. The van der Waals surface area contributed by atoms with Crippen molar-refractivity contribution in [3.05, 3.63) is 0 Å². The van der Waals surface area contributed by atoms with Crippen molar-refractivity contribution >= 4 is 23.2 Å². The Morgan fingerprint density at radius 3 is 2.53 bits per heavy atom. The summed E-state index contributed by atoms with van der Waals surface area (Å²) in [5, 5.41) is 9.43. The number of amides is 1. The SMILES string of the molecule is CCCCNC(=S)NCCC(=O)NCCOC. The third-order valence-electron chi connectivity index (χ3n) is 2.08. The molecule has 0 atom stereocenters. The molecule has 0 fully saturated rings. The smallest absolute Gasteiger partial charge is 0.221 e. The summed E-state index contributed by atoms with van der Waals surface area (Å²) >= 11 is 5.05. The van der Waals surface area contributed by atoms with Crippen LogP contribution in [0.3, 0.4) is 0 Å². The summed E-state index contributed by atoms with van der Waals surface area (Å²) in [5.74, 6) is 0.00547. The van der Waals surface area contributed by atoms with Gasteiger partial charge in [-0.25, -0.2) is 0 Å². The maximum absolute atomic E-state index is 11.3. The number of hydrogen-bond acceptors (Lipinski definition) is 3. The lowest BCUT2D eigenvalue weighted by Crippen LogP contribution is -2.38. The number of ether oxygens (including phenoxy) is 1. The molecular weight excluding hydrogens is 238 g/mol. The number of rotatable bonds is 9. The first-order valence-corrected chi connectivity index (χ1v) is 6.38.